The van der Waals surface area contributed by atoms with E-state index in [1.54, 1.807) is 12.4 Å². The van der Waals surface area contributed by atoms with Gasteiger partial charge in [0, 0.05) is 25.5 Å². The SMILES string of the molecule is CN(C)CCn1c2c(c3nccnc31)OCCO2. The molecular weight excluding hydrogens is 232 g/mol. The molecule has 0 saturated heterocycles. The van der Waals surface area contributed by atoms with Gasteiger partial charge in [0.1, 0.15) is 13.2 Å². The molecule has 0 aromatic carbocycles. The zero-order valence-corrected chi connectivity index (χ0v) is 10.6. The summed E-state index contributed by atoms with van der Waals surface area (Å²) in [4.78, 5) is 10.8. The highest BCUT2D eigenvalue weighted by atomic mass is 16.6. The van der Waals surface area contributed by atoms with Gasteiger partial charge in [-0.25, -0.2) is 9.97 Å². The van der Waals surface area contributed by atoms with E-state index in [1.165, 1.54) is 0 Å². The van der Waals surface area contributed by atoms with Gasteiger partial charge in [0.05, 0.1) is 0 Å². The second-order valence-electron chi connectivity index (χ2n) is 4.51. The molecule has 0 atom stereocenters. The zero-order valence-electron chi connectivity index (χ0n) is 10.6. The van der Waals surface area contributed by atoms with Crippen LogP contribution in [0, 0.1) is 0 Å². The molecule has 3 heterocycles. The summed E-state index contributed by atoms with van der Waals surface area (Å²) < 4.78 is 13.4. The van der Waals surface area contributed by atoms with Gasteiger partial charge in [-0.15, -0.1) is 0 Å². The van der Waals surface area contributed by atoms with E-state index in [2.05, 4.69) is 14.9 Å². The van der Waals surface area contributed by atoms with Crippen molar-refractivity contribution in [2.45, 2.75) is 6.54 Å². The van der Waals surface area contributed by atoms with Crippen molar-refractivity contribution in [3.63, 3.8) is 0 Å². The number of aromatic nitrogens is 3. The minimum absolute atomic E-state index is 0.566. The van der Waals surface area contributed by atoms with Gasteiger partial charge in [0.25, 0.3) is 0 Å². The van der Waals surface area contributed by atoms with E-state index >= 15 is 0 Å². The molecule has 0 N–H and O–H groups in total. The van der Waals surface area contributed by atoms with Crippen molar-refractivity contribution < 1.29 is 9.47 Å². The van der Waals surface area contributed by atoms with Crippen LogP contribution in [0.1, 0.15) is 0 Å². The third kappa shape index (κ3) is 1.78. The fourth-order valence-corrected chi connectivity index (χ4v) is 2.07. The van der Waals surface area contributed by atoms with Crippen molar-refractivity contribution in [3.05, 3.63) is 12.4 Å². The summed E-state index contributed by atoms with van der Waals surface area (Å²) in [5.41, 5.74) is 1.61. The highest BCUT2D eigenvalue weighted by molar-refractivity contribution is 5.83. The maximum atomic E-state index is 5.71. The van der Waals surface area contributed by atoms with Gasteiger partial charge in [0.15, 0.2) is 11.2 Å². The van der Waals surface area contributed by atoms with Crippen LogP contribution in [-0.4, -0.2) is 53.3 Å². The van der Waals surface area contributed by atoms with Crippen molar-refractivity contribution in [2.24, 2.45) is 0 Å². The molecule has 1 aliphatic rings. The van der Waals surface area contributed by atoms with Crippen molar-refractivity contribution in [3.8, 4) is 11.6 Å². The van der Waals surface area contributed by atoms with Crippen molar-refractivity contribution in [1.82, 2.24) is 19.4 Å². The molecule has 0 aliphatic carbocycles. The Morgan fingerprint density at radius 3 is 2.83 bits per heavy atom. The van der Waals surface area contributed by atoms with Crippen LogP contribution in [-0.2, 0) is 6.54 Å². The monoisotopic (exact) mass is 248 g/mol. The molecular formula is C12H16N4O2. The average molecular weight is 248 g/mol. The first-order chi connectivity index (χ1) is 8.77. The molecule has 18 heavy (non-hydrogen) atoms. The lowest BCUT2D eigenvalue weighted by Gasteiger charge is -2.18. The maximum Gasteiger partial charge on any atom is 0.241 e. The van der Waals surface area contributed by atoms with Crippen LogP contribution >= 0.6 is 0 Å². The fraction of sp³-hybridized carbons (Fsp3) is 0.500. The predicted octanol–water partition coefficient (Wildman–Crippen LogP) is 0.764. The van der Waals surface area contributed by atoms with Gasteiger partial charge in [-0.1, -0.05) is 0 Å². The fourth-order valence-electron chi connectivity index (χ4n) is 2.07. The first kappa shape index (κ1) is 11.3. The third-order valence-electron chi connectivity index (χ3n) is 2.93. The first-order valence-corrected chi connectivity index (χ1v) is 6.01. The molecule has 3 rings (SSSR count). The van der Waals surface area contributed by atoms with Crippen LogP contribution in [0.4, 0.5) is 0 Å². The molecule has 1 aliphatic heterocycles. The molecule has 0 saturated carbocycles. The Labute approximate surface area is 105 Å². The van der Waals surface area contributed by atoms with Crippen LogP contribution in [0.2, 0.25) is 0 Å². The Kier molecular flexibility index (Phi) is 2.79. The van der Waals surface area contributed by atoms with Gasteiger partial charge in [0.2, 0.25) is 11.6 Å². The smallest absolute Gasteiger partial charge is 0.241 e. The van der Waals surface area contributed by atoms with Crippen LogP contribution in [0.5, 0.6) is 11.6 Å². The van der Waals surface area contributed by atoms with Crippen molar-refractivity contribution in [1.29, 1.82) is 0 Å². The Hall–Kier alpha value is -1.82. The van der Waals surface area contributed by atoms with E-state index in [0.717, 1.165) is 35.9 Å². The minimum atomic E-state index is 0.566. The summed E-state index contributed by atoms with van der Waals surface area (Å²) in [7, 11) is 4.09. The van der Waals surface area contributed by atoms with E-state index < -0.39 is 0 Å². The molecule has 0 radical (unpaired) electrons. The lowest BCUT2D eigenvalue weighted by Crippen LogP contribution is -2.21. The van der Waals surface area contributed by atoms with Crippen molar-refractivity contribution in [2.75, 3.05) is 33.9 Å². The summed E-state index contributed by atoms with van der Waals surface area (Å²) >= 11 is 0. The van der Waals surface area contributed by atoms with Gasteiger partial charge < -0.3 is 14.4 Å². The summed E-state index contributed by atoms with van der Waals surface area (Å²) in [6, 6.07) is 0. The summed E-state index contributed by atoms with van der Waals surface area (Å²) in [6.07, 6.45) is 3.37. The third-order valence-corrected chi connectivity index (χ3v) is 2.93. The second kappa shape index (κ2) is 4.45. The standard InChI is InChI=1S/C12H16N4O2/c1-15(2)5-6-16-11-9(13-3-4-14-11)10-12(16)18-8-7-17-10/h3-4H,5-8H2,1-2H3. The lowest BCUT2D eigenvalue weighted by atomic mass is 10.4. The Morgan fingerprint density at radius 2 is 2.00 bits per heavy atom. The van der Waals surface area contributed by atoms with Gasteiger partial charge in [-0.05, 0) is 14.1 Å². The summed E-state index contributed by atoms with van der Waals surface area (Å²) in [6.45, 7) is 2.86. The average Bonchev–Trinajstić information content (AvgIpc) is 2.71. The Bertz CT molecular complexity index is 564. The number of hydrogen-bond acceptors (Lipinski definition) is 5. The van der Waals surface area contributed by atoms with E-state index in [-0.39, 0.29) is 0 Å². The van der Waals surface area contributed by atoms with Gasteiger partial charge in [-0.3, -0.25) is 4.57 Å². The molecule has 96 valence electrons. The number of ether oxygens (including phenoxy) is 2. The Morgan fingerprint density at radius 1 is 1.22 bits per heavy atom. The van der Waals surface area contributed by atoms with Crippen LogP contribution < -0.4 is 9.47 Å². The van der Waals surface area contributed by atoms with Crippen LogP contribution in [0.15, 0.2) is 12.4 Å². The molecule has 6 nitrogen and oxygen atoms in total. The minimum Gasteiger partial charge on any atom is -0.483 e. The number of likely N-dealkylation sites (N-methyl/N-ethyl adjacent to an activating group) is 1. The number of hydrogen-bond donors (Lipinski definition) is 0. The highest BCUT2D eigenvalue weighted by Crippen LogP contribution is 2.38. The molecule has 0 amide bonds. The number of rotatable bonds is 3. The van der Waals surface area contributed by atoms with Gasteiger partial charge in [-0.2, -0.15) is 0 Å². The van der Waals surface area contributed by atoms with Crippen LogP contribution in [0.25, 0.3) is 11.2 Å². The lowest BCUT2D eigenvalue weighted by molar-refractivity contribution is 0.160. The predicted molar refractivity (Wildman–Crippen MR) is 67.1 cm³/mol. The molecule has 0 bridgehead atoms. The topological polar surface area (TPSA) is 52.4 Å². The van der Waals surface area contributed by atoms with Crippen molar-refractivity contribution >= 4 is 11.2 Å². The van der Waals surface area contributed by atoms with E-state index in [4.69, 9.17) is 9.47 Å². The second-order valence-corrected chi connectivity index (χ2v) is 4.51. The summed E-state index contributed by atoms with van der Waals surface area (Å²) in [5, 5.41) is 0. The number of fused-ring (bicyclic) bond motifs is 3. The normalized spacial score (nSPS) is 14.4. The molecule has 2 aromatic rings. The number of nitrogens with zero attached hydrogens (tertiary/aromatic N) is 4. The Balaban J connectivity index is 2.10. The molecule has 0 fully saturated rings. The van der Waals surface area contributed by atoms with E-state index in [1.807, 2.05) is 18.7 Å². The molecule has 6 heteroatoms. The maximum absolute atomic E-state index is 5.71. The quantitative estimate of drug-likeness (QED) is 0.803. The molecule has 2 aromatic heterocycles. The summed E-state index contributed by atoms with van der Waals surface area (Å²) in [5.74, 6) is 1.48. The van der Waals surface area contributed by atoms with E-state index in [0.29, 0.717) is 13.2 Å². The van der Waals surface area contributed by atoms with E-state index in [9.17, 15) is 0 Å². The van der Waals surface area contributed by atoms with Crippen LogP contribution in [0.3, 0.4) is 0 Å². The first-order valence-electron chi connectivity index (χ1n) is 6.01. The van der Waals surface area contributed by atoms with Gasteiger partial charge >= 0.3 is 0 Å². The highest BCUT2D eigenvalue weighted by Gasteiger charge is 2.24. The molecule has 0 spiro atoms. The molecule has 0 unspecified atom stereocenters. The zero-order chi connectivity index (χ0) is 12.5. The largest absolute Gasteiger partial charge is 0.483 e.